The van der Waals surface area contributed by atoms with E-state index in [1.54, 1.807) is 10.9 Å². The molecule has 0 saturated carbocycles. The number of likely N-dealkylation sites (tertiary alicyclic amines) is 1. The first kappa shape index (κ1) is 21.9. The lowest BCUT2D eigenvalue weighted by atomic mass is 10.1. The summed E-state index contributed by atoms with van der Waals surface area (Å²) in [6.07, 6.45) is 3.50. The van der Waals surface area contributed by atoms with E-state index in [1.807, 2.05) is 24.3 Å². The molecule has 0 radical (unpaired) electrons. The maximum Gasteiger partial charge on any atom is 0.167 e. The molecule has 3 N–H and O–H groups in total. The van der Waals surface area contributed by atoms with E-state index in [4.69, 9.17) is 4.74 Å². The highest BCUT2D eigenvalue weighted by Crippen LogP contribution is 2.32. The van der Waals surface area contributed by atoms with Crippen molar-refractivity contribution in [3.8, 4) is 0 Å². The molecule has 2 aromatic heterocycles. The fourth-order valence-electron chi connectivity index (χ4n) is 4.76. The SMILES string of the molecule is CC(c1ccc(C=O)cc1)N1CCC(Nc2ncnc3c2ncn3[C@@H]2O[C@H](CO)C[C@H]2O)C1. The average molecular weight is 453 g/mol. The highest BCUT2D eigenvalue weighted by atomic mass is 16.5. The van der Waals surface area contributed by atoms with Crippen molar-refractivity contribution in [2.75, 3.05) is 25.0 Å². The number of carbonyl (C=O) groups excluding carboxylic acids is 1. The Balaban J connectivity index is 1.29. The number of carbonyl (C=O) groups is 1. The molecule has 10 heteroatoms. The molecule has 2 fully saturated rings. The summed E-state index contributed by atoms with van der Waals surface area (Å²) in [6.45, 7) is 3.84. The van der Waals surface area contributed by atoms with E-state index in [2.05, 4.69) is 32.1 Å². The Morgan fingerprint density at radius 1 is 1.27 bits per heavy atom. The second kappa shape index (κ2) is 9.14. The number of benzene rings is 1. The van der Waals surface area contributed by atoms with Crippen LogP contribution in [-0.2, 0) is 4.74 Å². The predicted molar refractivity (Wildman–Crippen MR) is 121 cm³/mol. The van der Waals surface area contributed by atoms with Gasteiger partial charge in [0.1, 0.15) is 18.7 Å². The van der Waals surface area contributed by atoms with Crippen LogP contribution in [0.4, 0.5) is 5.82 Å². The Morgan fingerprint density at radius 3 is 2.82 bits per heavy atom. The number of ether oxygens (including phenoxy) is 1. The van der Waals surface area contributed by atoms with Gasteiger partial charge in [-0.1, -0.05) is 24.3 Å². The molecule has 0 amide bonds. The van der Waals surface area contributed by atoms with E-state index >= 15 is 0 Å². The monoisotopic (exact) mass is 452 g/mol. The third-order valence-electron chi connectivity index (χ3n) is 6.67. The lowest BCUT2D eigenvalue weighted by Crippen LogP contribution is -2.28. The molecule has 2 aliphatic heterocycles. The molecule has 2 saturated heterocycles. The van der Waals surface area contributed by atoms with Gasteiger partial charge in [-0.25, -0.2) is 15.0 Å². The smallest absolute Gasteiger partial charge is 0.167 e. The van der Waals surface area contributed by atoms with Crippen molar-refractivity contribution >= 4 is 23.3 Å². The summed E-state index contributed by atoms with van der Waals surface area (Å²) < 4.78 is 7.46. The van der Waals surface area contributed by atoms with Crippen LogP contribution in [-0.4, -0.2) is 78.9 Å². The number of aliphatic hydroxyl groups is 2. The van der Waals surface area contributed by atoms with E-state index < -0.39 is 18.4 Å². The number of rotatable bonds is 7. The number of imidazole rings is 1. The van der Waals surface area contributed by atoms with Gasteiger partial charge in [0.2, 0.25) is 0 Å². The number of hydrogen-bond acceptors (Lipinski definition) is 9. The quantitative estimate of drug-likeness (QED) is 0.458. The number of aldehydes is 1. The first-order valence-corrected chi connectivity index (χ1v) is 11.2. The molecule has 3 aromatic rings. The van der Waals surface area contributed by atoms with Crippen LogP contribution in [0.5, 0.6) is 0 Å². The van der Waals surface area contributed by atoms with E-state index in [1.165, 1.54) is 11.9 Å². The molecule has 0 spiro atoms. The number of aromatic nitrogens is 4. The number of aliphatic hydroxyl groups excluding tert-OH is 2. The van der Waals surface area contributed by atoms with Crippen molar-refractivity contribution in [2.45, 2.75) is 50.3 Å². The standard InChI is InChI=1S/C23H28N6O4/c1-14(16-4-2-15(10-30)3-5-16)28-7-6-17(9-28)27-21-20-22(25-12-24-21)29(13-26-20)23-19(32)8-18(11-31)33-23/h2-5,10,12-14,17-19,23,31-32H,6-9,11H2,1H3,(H,24,25,27)/t14?,17?,18-,19+,23+/m0/s1. The molecule has 2 aliphatic rings. The molecule has 0 aliphatic carbocycles. The van der Waals surface area contributed by atoms with Crippen molar-refractivity contribution < 1.29 is 19.7 Å². The third kappa shape index (κ3) is 4.22. The maximum absolute atomic E-state index is 10.9. The summed E-state index contributed by atoms with van der Waals surface area (Å²) in [5.74, 6) is 0.653. The van der Waals surface area contributed by atoms with Crippen LogP contribution in [0.15, 0.2) is 36.9 Å². The predicted octanol–water partition coefficient (Wildman–Crippen LogP) is 1.53. The lowest BCUT2D eigenvalue weighted by Gasteiger charge is -2.25. The Labute approximate surface area is 191 Å². The molecular weight excluding hydrogens is 424 g/mol. The van der Waals surface area contributed by atoms with Crippen LogP contribution in [0.1, 0.15) is 48.0 Å². The third-order valence-corrected chi connectivity index (χ3v) is 6.67. The summed E-state index contributed by atoms with van der Waals surface area (Å²) in [5.41, 5.74) is 3.06. The first-order chi connectivity index (χ1) is 16.1. The van der Waals surface area contributed by atoms with E-state index in [-0.39, 0.29) is 18.7 Å². The van der Waals surface area contributed by atoms with Crippen molar-refractivity contribution in [3.05, 3.63) is 48.0 Å². The van der Waals surface area contributed by atoms with Crippen LogP contribution in [0.2, 0.25) is 0 Å². The lowest BCUT2D eigenvalue weighted by molar-refractivity contribution is -0.0486. The van der Waals surface area contributed by atoms with Gasteiger partial charge in [-0.05, 0) is 18.9 Å². The zero-order valence-corrected chi connectivity index (χ0v) is 18.4. The molecule has 0 bridgehead atoms. The minimum atomic E-state index is -0.739. The van der Waals surface area contributed by atoms with Gasteiger partial charge in [-0.15, -0.1) is 0 Å². The highest BCUT2D eigenvalue weighted by molar-refractivity contribution is 5.82. The summed E-state index contributed by atoms with van der Waals surface area (Å²) in [5, 5.41) is 23.2. The normalized spacial score (nSPS) is 26.6. The second-order valence-corrected chi connectivity index (χ2v) is 8.77. The Hall–Kier alpha value is -2.92. The van der Waals surface area contributed by atoms with Crippen LogP contribution in [0.25, 0.3) is 11.2 Å². The van der Waals surface area contributed by atoms with Gasteiger partial charge >= 0.3 is 0 Å². The molecule has 4 heterocycles. The van der Waals surface area contributed by atoms with Gasteiger partial charge in [-0.3, -0.25) is 14.3 Å². The van der Waals surface area contributed by atoms with Gasteiger partial charge in [-0.2, -0.15) is 0 Å². The largest absolute Gasteiger partial charge is 0.394 e. The number of nitrogens with one attached hydrogen (secondary N) is 1. The fourth-order valence-corrected chi connectivity index (χ4v) is 4.76. The molecule has 174 valence electrons. The van der Waals surface area contributed by atoms with Gasteiger partial charge in [0.15, 0.2) is 23.2 Å². The molecule has 2 unspecified atom stereocenters. The zero-order valence-electron chi connectivity index (χ0n) is 18.4. The van der Waals surface area contributed by atoms with Gasteiger partial charge in [0, 0.05) is 37.2 Å². The first-order valence-electron chi connectivity index (χ1n) is 11.2. The van der Waals surface area contributed by atoms with Crippen LogP contribution in [0, 0.1) is 0 Å². The molecule has 10 nitrogen and oxygen atoms in total. The Morgan fingerprint density at radius 2 is 2.09 bits per heavy atom. The van der Waals surface area contributed by atoms with Crippen LogP contribution >= 0.6 is 0 Å². The van der Waals surface area contributed by atoms with E-state index in [9.17, 15) is 15.0 Å². The van der Waals surface area contributed by atoms with Gasteiger partial charge in [0.25, 0.3) is 0 Å². The Bertz CT molecular complexity index is 1120. The van der Waals surface area contributed by atoms with Crippen LogP contribution in [0.3, 0.4) is 0 Å². The number of nitrogens with zero attached hydrogens (tertiary/aromatic N) is 5. The van der Waals surface area contributed by atoms with Crippen molar-refractivity contribution in [3.63, 3.8) is 0 Å². The average Bonchev–Trinajstić information content (AvgIpc) is 3.57. The summed E-state index contributed by atoms with van der Waals surface area (Å²) in [4.78, 5) is 26.6. The molecule has 1 aromatic carbocycles. The summed E-state index contributed by atoms with van der Waals surface area (Å²) >= 11 is 0. The van der Waals surface area contributed by atoms with E-state index in [0.717, 1.165) is 25.8 Å². The number of hydrogen-bond donors (Lipinski definition) is 3. The summed E-state index contributed by atoms with van der Waals surface area (Å²) in [7, 11) is 0. The maximum atomic E-state index is 10.9. The number of fused-ring (bicyclic) bond motifs is 1. The van der Waals surface area contributed by atoms with Crippen molar-refractivity contribution in [1.29, 1.82) is 0 Å². The van der Waals surface area contributed by atoms with Gasteiger partial charge in [0.05, 0.1) is 19.0 Å². The molecular formula is C23H28N6O4. The topological polar surface area (TPSA) is 126 Å². The van der Waals surface area contributed by atoms with Crippen molar-refractivity contribution in [1.82, 2.24) is 24.4 Å². The molecule has 5 atom stereocenters. The summed E-state index contributed by atoms with van der Waals surface area (Å²) in [6, 6.07) is 8.17. The minimum Gasteiger partial charge on any atom is -0.394 e. The number of anilines is 1. The van der Waals surface area contributed by atoms with Gasteiger partial charge < -0.3 is 20.3 Å². The highest BCUT2D eigenvalue weighted by Gasteiger charge is 2.36. The van der Waals surface area contributed by atoms with E-state index in [0.29, 0.717) is 29.0 Å². The molecule has 33 heavy (non-hydrogen) atoms. The fraction of sp³-hybridized carbons (Fsp3) is 0.478. The second-order valence-electron chi connectivity index (χ2n) is 8.77. The van der Waals surface area contributed by atoms with Crippen molar-refractivity contribution in [2.24, 2.45) is 0 Å². The molecule has 5 rings (SSSR count). The van der Waals surface area contributed by atoms with Crippen LogP contribution < -0.4 is 5.32 Å². The Kier molecular flexibility index (Phi) is 6.07. The zero-order chi connectivity index (χ0) is 22.9. The minimum absolute atomic E-state index is 0.139.